The summed E-state index contributed by atoms with van der Waals surface area (Å²) in [5.41, 5.74) is 1.64. The van der Waals surface area contributed by atoms with Crippen LogP contribution in [-0.4, -0.2) is 18.6 Å². The van der Waals surface area contributed by atoms with Gasteiger partial charge in [0.2, 0.25) is 0 Å². The Morgan fingerprint density at radius 1 is 1.58 bits per heavy atom. The van der Waals surface area contributed by atoms with Crippen molar-refractivity contribution in [3.8, 4) is 0 Å². The standard InChI is InChI=1S/C5H7N3O3S/c6-12(10,11)5-4(8-9)2-1-3-7-5/h1-3,8-9H,(H2,6,10,11). The van der Waals surface area contributed by atoms with E-state index in [1.54, 1.807) is 5.48 Å². The molecule has 7 heteroatoms. The number of hydrogen-bond acceptors (Lipinski definition) is 5. The van der Waals surface area contributed by atoms with Crippen molar-refractivity contribution in [1.82, 2.24) is 4.98 Å². The summed E-state index contributed by atoms with van der Waals surface area (Å²) in [6, 6.07) is 2.81. The molecular formula is C5H7N3O3S. The predicted molar refractivity (Wildman–Crippen MR) is 41.0 cm³/mol. The highest BCUT2D eigenvalue weighted by atomic mass is 32.2. The third-order valence-electron chi connectivity index (χ3n) is 1.16. The maximum absolute atomic E-state index is 10.8. The number of nitrogens with zero attached hydrogens (tertiary/aromatic N) is 1. The lowest BCUT2D eigenvalue weighted by atomic mass is 10.4. The highest BCUT2D eigenvalue weighted by molar-refractivity contribution is 7.89. The molecule has 0 aliphatic rings. The van der Waals surface area contributed by atoms with Crippen molar-refractivity contribution in [3.05, 3.63) is 18.3 Å². The molecule has 0 atom stereocenters. The van der Waals surface area contributed by atoms with Crippen LogP contribution in [0.3, 0.4) is 0 Å². The van der Waals surface area contributed by atoms with Gasteiger partial charge in [0.25, 0.3) is 10.0 Å². The molecule has 0 fully saturated rings. The first-order valence-electron chi connectivity index (χ1n) is 2.93. The van der Waals surface area contributed by atoms with Crippen LogP contribution >= 0.6 is 0 Å². The Bertz CT molecular complexity index is 375. The van der Waals surface area contributed by atoms with Gasteiger partial charge in [0, 0.05) is 6.20 Å². The summed E-state index contributed by atoms with van der Waals surface area (Å²) < 4.78 is 21.6. The number of hydrogen-bond donors (Lipinski definition) is 3. The van der Waals surface area contributed by atoms with E-state index >= 15 is 0 Å². The summed E-state index contributed by atoms with van der Waals surface area (Å²) in [6.45, 7) is 0. The topological polar surface area (TPSA) is 105 Å². The van der Waals surface area contributed by atoms with Gasteiger partial charge in [-0.3, -0.25) is 10.7 Å². The molecule has 6 nitrogen and oxygen atoms in total. The largest absolute Gasteiger partial charge is 0.291 e. The van der Waals surface area contributed by atoms with E-state index in [9.17, 15) is 8.42 Å². The first-order valence-corrected chi connectivity index (χ1v) is 4.48. The molecule has 66 valence electrons. The van der Waals surface area contributed by atoms with E-state index in [4.69, 9.17) is 10.3 Å². The van der Waals surface area contributed by atoms with Crippen LogP contribution in [0.15, 0.2) is 23.4 Å². The molecular weight excluding hydrogens is 182 g/mol. The van der Waals surface area contributed by atoms with Crippen molar-refractivity contribution in [2.75, 3.05) is 5.48 Å². The van der Waals surface area contributed by atoms with Crippen LogP contribution in [0.5, 0.6) is 0 Å². The molecule has 0 spiro atoms. The molecule has 0 aliphatic carbocycles. The quantitative estimate of drug-likeness (QED) is 0.545. The van der Waals surface area contributed by atoms with Crippen molar-refractivity contribution >= 4 is 15.7 Å². The molecule has 1 aromatic rings. The molecule has 1 heterocycles. The van der Waals surface area contributed by atoms with E-state index in [1.165, 1.54) is 18.3 Å². The van der Waals surface area contributed by atoms with Gasteiger partial charge in [0.1, 0.15) is 0 Å². The summed E-state index contributed by atoms with van der Waals surface area (Å²) in [7, 11) is -3.88. The Labute approximate surface area is 69.0 Å². The number of nitrogens with one attached hydrogen (secondary N) is 1. The van der Waals surface area contributed by atoms with E-state index < -0.39 is 10.0 Å². The zero-order valence-electron chi connectivity index (χ0n) is 5.93. The lowest BCUT2D eigenvalue weighted by molar-refractivity contribution is 0.386. The van der Waals surface area contributed by atoms with Crippen molar-refractivity contribution in [2.45, 2.75) is 5.03 Å². The number of nitrogens with two attached hydrogens (primary N) is 1. The molecule has 0 aliphatic heterocycles. The first kappa shape index (κ1) is 8.91. The highest BCUT2D eigenvalue weighted by Gasteiger charge is 2.13. The Balaban J connectivity index is 3.33. The fourth-order valence-corrected chi connectivity index (χ4v) is 1.33. The fraction of sp³-hybridized carbons (Fsp3) is 0. The summed E-state index contributed by atoms with van der Waals surface area (Å²) in [5.74, 6) is 0. The maximum atomic E-state index is 10.8. The van der Waals surface area contributed by atoms with Crippen molar-refractivity contribution in [1.29, 1.82) is 0 Å². The van der Waals surface area contributed by atoms with Crippen molar-refractivity contribution in [2.24, 2.45) is 5.14 Å². The Morgan fingerprint density at radius 3 is 2.67 bits per heavy atom. The number of rotatable bonds is 2. The lowest BCUT2D eigenvalue weighted by Gasteiger charge is -2.02. The van der Waals surface area contributed by atoms with Crippen LogP contribution in [0.2, 0.25) is 0 Å². The second-order valence-electron chi connectivity index (χ2n) is 2.01. The number of anilines is 1. The van der Waals surface area contributed by atoms with Gasteiger partial charge in [0.05, 0.1) is 5.69 Å². The number of sulfonamides is 1. The van der Waals surface area contributed by atoms with Gasteiger partial charge in [-0.25, -0.2) is 18.5 Å². The molecule has 0 aromatic carbocycles. The van der Waals surface area contributed by atoms with Gasteiger partial charge in [-0.15, -0.1) is 0 Å². The van der Waals surface area contributed by atoms with Gasteiger partial charge in [-0.1, -0.05) is 0 Å². The minimum Gasteiger partial charge on any atom is -0.291 e. The molecule has 12 heavy (non-hydrogen) atoms. The normalized spacial score (nSPS) is 11.2. The summed E-state index contributed by atoms with van der Waals surface area (Å²) in [5, 5.41) is 12.9. The van der Waals surface area contributed by atoms with Gasteiger partial charge in [-0.2, -0.15) is 0 Å². The molecule has 0 amide bonds. The number of aromatic nitrogens is 1. The predicted octanol–water partition coefficient (Wildman–Crippen LogP) is -0.470. The third-order valence-corrected chi connectivity index (χ3v) is 2.03. The Kier molecular flexibility index (Phi) is 2.27. The molecule has 0 bridgehead atoms. The number of pyridine rings is 1. The highest BCUT2D eigenvalue weighted by Crippen LogP contribution is 2.14. The monoisotopic (exact) mass is 189 g/mol. The second kappa shape index (κ2) is 3.05. The second-order valence-corrected chi connectivity index (χ2v) is 3.49. The fourth-order valence-electron chi connectivity index (χ4n) is 0.703. The van der Waals surface area contributed by atoms with E-state index in [0.29, 0.717) is 0 Å². The zero-order valence-corrected chi connectivity index (χ0v) is 6.75. The molecule has 1 aromatic heterocycles. The summed E-state index contributed by atoms with van der Waals surface area (Å²) >= 11 is 0. The zero-order chi connectivity index (χ0) is 9.19. The van der Waals surface area contributed by atoms with Crippen LogP contribution in [0, 0.1) is 0 Å². The average molecular weight is 189 g/mol. The van der Waals surface area contributed by atoms with Crippen LogP contribution in [0.4, 0.5) is 5.69 Å². The van der Waals surface area contributed by atoms with E-state index in [1.807, 2.05) is 0 Å². The molecule has 4 N–H and O–H groups in total. The molecule has 0 unspecified atom stereocenters. The van der Waals surface area contributed by atoms with Crippen molar-refractivity contribution < 1.29 is 13.6 Å². The maximum Gasteiger partial charge on any atom is 0.257 e. The SMILES string of the molecule is NS(=O)(=O)c1ncccc1NO. The van der Waals surface area contributed by atoms with Gasteiger partial charge >= 0.3 is 0 Å². The number of primary sulfonamides is 1. The molecule has 0 saturated carbocycles. The smallest absolute Gasteiger partial charge is 0.257 e. The van der Waals surface area contributed by atoms with Gasteiger partial charge < -0.3 is 0 Å². The van der Waals surface area contributed by atoms with E-state index in [-0.39, 0.29) is 10.7 Å². The minimum absolute atomic E-state index is 0.0417. The summed E-state index contributed by atoms with van der Waals surface area (Å²) in [4.78, 5) is 3.49. The average Bonchev–Trinajstić information content (AvgIpc) is 2.03. The Morgan fingerprint density at radius 2 is 2.25 bits per heavy atom. The van der Waals surface area contributed by atoms with Crippen LogP contribution in [-0.2, 0) is 10.0 Å². The van der Waals surface area contributed by atoms with Gasteiger partial charge in [-0.05, 0) is 12.1 Å². The minimum atomic E-state index is -3.88. The van der Waals surface area contributed by atoms with Crippen molar-refractivity contribution in [3.63, 3.8) is 0 Å². The lowest BCUT2D eigenvalue weighted by Crippen LogP contribution is -2.15. The molecule has 0 radical (unpaired) electrons. The van der Waals surface area contributed by atoms with Crippen LogP contribution < -0.4 is 10.6 Å². The van der Waals surface area contributed by atoms with Crippen LogP contribution in [0.1, 0.15) is 0 Å². The van der Waals surface area contributed by atoms with E-state index in [2.05, 4.69) is 4.98 Å². The third kappa shape index (κ3) is 1.70. The van der Waals surface area contributed by atoms with Gasteiger partial charge in [0.15, 0.2) is 5.03 Å². The Hall–Kier alpha value is -1.18. The molecule has 1 rings (SSSR count). The summed E-state index contributed by atoms with van der Waals surface area (Å²) in [6.07, 6.45) is 1.26. The van der Waals surface area contributed by atoms with E-state index in [0.717, 1.165) is 0 Å². The van der Waals surface area contributed by atoms with Crippen LogP contribution in [0.25, 0.3) is 0 Å². The molecule has 0 saturated heterocycles. The first-order chi connectivity index (χ1) is 5.55.